The van der Waals surface area contributed by atoms with E-state index in [1.54, 1.807) is 6.07 Å². The second kappa shape index (κ2) is 6.06. The maximum atomic E-state index is 11.8. The first kappa shape index (κ1) is 14.5. The lowest BCUT2D eigenvalue weighted by Gasteiger charge is -1.99. The Hall–Kier alpha value is -2.87. The predicted molar refractivity (Wildman–Crippen MR) is 80.9 cm³/mol. The van der Waals surface area contributed by atoms with Crippen molar-refractivity contribution in [3.8, 4) is 0 Å². The molecule has 21 heavy (non-hydrogen) atoms. The SMILES string of the molecule is N=C/C=C(\C=N)C(=O)Nc1nc2ccc(C(=O)O)cc2s1. The summed E-state index contributed by atoms with van der Waals surface area (Å²) < 4.78 is 0.637. The lowest BCUT2D eigenvalue weighted by atomic mass is 10.2. The molecule has 106 valence electrons. The number of anilines is 1. The van der Waals surface area contributed by atoms with Gasteiger partial charge in [0, 0.05) is 12.4 Å². The summed E-state index contributed by atoms with van der Waals surface area (Å²) >= 11 is 1.14. The average molecular weight is 302 g/mol. The number of carbonyl (C=O) groups excluding carboxylic acids is 1. The summed E-state index contributed by atoms with van der Waals surface area (Å²) in [5.41, 5.74) is 0.746. The molecule has 4 N–H and O–H groups in total. The number of carboxylic acids is 1. The number of rotatable bonds is 5. The van der Waals surface area contributed by atoms with E-state index in [-0.39, 0.29) is 11.1 Å². The van der Waals surface area contributed by atoms with Crippen molar-refractivity contribution in [3.05, 3.63) is 35.4 Å². The Kier molecular flexibility index (Phi) is 4.19. The summed E-state index contributed by atoms with van der Waals surface area (Å²) in [6, 6.07) is 4.49. The standard InChI is InChI=1S/C13H10N4O3S/c14-4-3-8(6-15)11(18)17-13-16-9-2-1-7(12(19)20)5-10(9)21-13/h1-6,14-15H,(H,19,20)(H,16,17,18)/b8-3+,14-4?,15-6?. The molecule has 0 spiro atoms. The van der Waals surface area contributed by atoms with Crippen LogP contribution in [0.5, 0.6) is 0 Å². The van der Waals surface area contributed by atoms with Gasteiger partial charge >= 0.3 is 5.97 Å². The molecule has 2 aromatic rings. The first-order chi connectivity index (χ1) is 10.0. The first-order valence-corrected chi connectivity index (χ1v) is 6.53. The molecule has 1 amide bonds. The Morgan fingerprint density at radius 1 is 1.33 bits per heavy atom. The highest BCUT2D eigenvalue weighted by molar-refractivity contribution is 7.22. The molecule has 0 bridgehead atoms. The van der Waals surface area contributed by atoms with E-state index in [1.165, 1.54) is 18.2 Å². The summed E-state index contributed by atoms with van der Waals surface area (Å²) in [5, 5.41) is 25.7. The molecule has 2 rings (SSSR count). The Morgan fingerprint density at radius 2 is 2.10 bits per heavy atom. The Bertz CT molecular complexity index is 779. The van der Waals surface area contributed by atoms with E-state index in [9.17, 15) is 9.59 Å². The van der Waals surface area contributed by atoms with E-state index in [0.29, 0.717) is 15.3 Å². The number of nitrogens with one attached hydrogen (secondary N) is 3. The second-order valence-electron chi connectivity index (χ2n) is 3.89. The molecule has 0 aliphatic carbocycles. The van der Waals surface area contributed by atoms with Crippen LogP contribution in [0.3, 0.4) is 0 Å². The topological polar surface area (TPSA) is 127 Å². The molecular weight excluding hydrogens is 292 g/mol. The molecule has 0 saturated heterocycles. The molecule has 8 heteroatoms. The number of fused-ring (bicyclic) bond motifs is 1. The van der Waals surface area contributed by atoms with E-state index in [4.69, 9.17) is 15.9 Å². The molecule has 0 saturated carbocycles. The highest BCUT2D eigenvalue weighted by atomic mass is 32.1. The van der Waals surface area contributed by atoms with Crippen LogP contribution in [0.15, 0.2) is 29.8 Å². The van der Waals surface area contributed by atoms with Crippen LogP contribution in [0.2, 0.25) is 0 Å². The summed E-state index contributed by atoms with van der Waals surface area (Å²) in [7, 11) is 0. The largest absolute Gasteiger partial charge is 0.478 e. The fourth-order valence-electron chi connectivity index (χ4n) is 1.56. The van der Waals surface area contributed by atoms with Gasteiger partial charge < -0.3 is 15.9 Å². The zero-order chi connectivity index (χ0) is 15.4. The van der Waals surface area contributed by atoms with Gasteiger partial charge in [0.25, 0.3) is 5.91 Å². The van der Waals surface area contributed by atoms with Gasteiger partial charge in [-0.2, -0.15) is 0 Å². The summed E-state index contributed by atoms with van der Waals surface area (Å²) in [5.74, 6) is -1.58. The number of aromatic nitrogens is 1. The molecular formula is C13H10N4O3S. The van der Waals surface area contributed by atoms with Crippen LogP contribution in [0.25, 0.3) is 10.2 Å². The van der Waals surface area contributed by atoms with Crippen molar-refractivity contribution in [2.45, 2.75) is 0 Å². The zero-order valence-electron chi connectivity index (χ0n) is 10.6. The van der Waals surface area contributed by atoms with Crippen LogP contribution in [0, 0.1) is 10.8 Å². The maximum absolute atomic E-state index is 11.8. The number of carboxylic acid groups (broad SMARTS) is 1. The van der Waals surface area contributed by atoms with Crippen molar-refractivity contribution in [2.75, 3.05) is 5.32 Å². The minimum atomic E-state index is -1.03. The minimum absolute atomic E-state index is 0.0236. The summed E-state index contributed by atoms with van der Waals surface area (Å²) in [6.45, 7) is 0. The molecule has 7 nitrogen and oxygen atoms in total. The highest BCUT2D eigenvalue weighted by Crippen LogP contribution is 2.27. The smallest absolute Gasteiger partial charge is 0.335 e. The molecule has 1 aromatic heterocycles. The Labute approximate surface area is 123 Å². The Balaban J connectivity index is 2.29. The number of allylic oxidation sites excluding steroid dienone is 1. The van der Waals surface area contributed by atoms with Crippen LogP contribution in [-0.2, 0) is 4.79 Å². The van der Waals surface area contributed by atoms with Gasteiger partial charge in [-0.3, -0.25) is 10.1 Å². The van der Waals surface area contributed by atoms with Gasteiger partial charge in [-0.15, -0.1) is 0 Å². The molecule has 0 aliphatic heterocycles. The van der Waals surface area contributed by atoms with E-state index in [1.807, 2.05) is 0 Å². The summed E-state index contributed by atoms with van der Waals surface area (Å²) in [6.07, 6.45) is 2.95. The second-order valence-corrected chi connectivity index (χ2v) is 4.92. The highest BCUT2D eigenvalue weighted by Gasteiger charge is 2.12. The van der Waals surface area contributed by atoms with E-state index in [2.05, 4.69) is 10.3 Å². The number of thiazole rings is 1. The fourth-order valence-corrected chi connectivity index (χ4v) is 2.46. The molecule has 0 unspecified atom stereocenters. The lowest BCUT2D eigenvalue weighted by Crippen LogP contribution is -2.15. The van der Waals surface area contributed by atoms with Gasteiger partial charge in [-0.25, -0.2) is 9.78 Å². The Morgan fingerprint density at radius 3 is 2.71 bits per heavy atom. The van der Waals surface area contributed by atoms with Crippen LogP contribution in [0.1, 0.15) is 10.4 Å². The molecule has 0 aliphatic rings. The number of hydrogen-bond acceptors (Lipinski definition) is 6. The quantitative estimate of drug-likeness (QED) is 0.498. The maximum Gasteiger partial charge on any atom is 0.335 e. The van der Waals surface area contributed by atoms with Crippen molar-refractivity contribution in [1.29, 1.82) is 10.8 Å². The fraction of sp³-hybridized carbons (Fsp3) is 0. The van der Waals surface area contributed by atoms with Crippen LogP contribution >= 0.6 is 11.3 Å². The van der Waals surface area contributed by atoms with Gasteiger partial charge in [0.15, 0.2) is 5.13 Å². The third-order valence-corrected chi connectivity index (χ3v) is 3.47. The first-order valence-electron chi connectivity index (χ1n) is 5.71. The number of aromatic carboxylic acids is 1. The normalized spacial score (nSPS) is 11.1. The van der Waals surface area contributed by atoms with Crippen LogP contribution < -0.4 is 5.32 Å². The number of amides is 1. The van der Waals surface area contributed by atoms with E-state index in [0.717, 1.165) is 23.8 Å². The molecule has 0 atom stereocenters. The van der Waals surface area contributed by atoms with Crippen LogP contribution in [0.4, 0.5) is 5.13 Å². The number of hydrogen-bond donors (Lipinski definition) is 4. The van der Waals surface area contributed by atoms with Crippen LogP contribution in [-0.4, -0.2) is 34.4 Å². The van der Waals surface area contributed by atoms with Gasteiger partial charge in [-0.1, -0.05) is 11.3 Å². The monoisotopic (exact) mass is 302 g/mol. The zero-order valence-corrected chi connectivity index (χ0v) is 11.4. The molecule has 0 fully saturated rings. The van der Waals surface area contributed by atoms with Gasteiger partial charge in [0.1, 0.15) is 0 Å². The van der Waals surface area contributed by atoms with Gasteiger partial charge in [0.2, 0.25) is 0 Å². The van der Waals surface area contributed by atoms with Crippen molar-refractivity contribution >= 4 is 51.0 Å². The molecule has 0 radical (unpaired) electrons. The summed E-state index contributed by atoms with van der Waals surface area (Å²) in [4.78, 5) is 26.9. The number of benzene rings is 1. The van der Waals surface area contributed by atoms with Crippen molar-refractivity contribution in [2.24, 2.45) is 0 Å². The van der Waals surface area contributed by atoms with E-state index >= 15 is 0 Å². The molecule has 1 heterocycles. The third-order valence-electron chi connectivity index (χ3n) is 2.54. The van der Waals surface area contributed by atoms with Gasteiger partial charge in [0.05, 0.1) is 21.4 Å². The third kappa shape index (κ3) is 3.18. The lowest BCUT2D eigenvalue weighted by molar-refractivity contribution is -0.112. The van der Waals surface area contributed by atoms with E-state index < -0.39 is 11.9 Å². The van der Waals surface area contributed by atoms with Gasteiger partial charge in [-0.05, 0) is 24.3 Å². The minimum Gasteiger partial charge on any atom is -0.478 e. The van der Waals surface area contributed by atoms with Crippen molar-refractivity contribution in [1.82, 2.24) is 4.98 Å². The number of nitrogens with zero attached hydrogens (tertiary/aromatic N) is 1. The van der Waals surface area contributed by atoms with Crippen molar-refractivity contribution < 1.29 is 14.7 Å². The predicted octanol–water partition coefficient (Wildman–Crippen LogP) is 2.16. The number of carbonyl (C=O) groups is 2. The van der Waals surface area contributed by atoms with Crippen molar-refractivity contribution in [3.63, 3.8) is 0 Å². The molecule has 1 aromatic carbocycles. The average Bonchev–Trinajstić information content (AvgIpc) is 2.85.